The summed E-state index contributed by atoms with van der Waals surface area (Å²) in [4.78, 5) is 31.8. The quantitative estimate of drug-likeness (QED) is 0.308. The topological polar surface area (TPSA) is 175 Å². The number of fused-ring (bicyclic) bond motifs is 1. The van der Waals surface area contributed by atoms with Crippen molar-refractivity contribution >= 4 is 25.4 Å². The van der Waals surface area contributed by atoms with Crippen molar-refractivity contribution in [3.8, 4) is 0 Å². The van der Waals surface area contributed by atoms with E-state index in [4.69, 9.17) is 19.7 Å². The number of nitrogen functional groups attached to an aromatic ring is 1. The smallest absolute Gasteiger partial charge is 0.394 e. The predicted molar refractivity (Wildman–Crippen MR) is 102 cm³/mol. The summed E-state index contributed by atoms with van der Waals surface area (Å²) in [7, 11) is -2.95. The lowest BCUT2D eigenvalue weighted by molar-refractivity contribution is -0.0705. The fourth-order valence-electron chi connectivity index (χ4n) is 3.37. The van der Waals surface area contributed by atoms with Crippen molar-refractivity contribution in [1.29, 1.82) is 0 Å². The lowest BCUT2D eigenvalue weighted by atomic mass is 10.1. The Balaban J connectivity index is 1.91. The molecule has 1 aliphatic heterocycles. The third-order valence-electron chi connectivity index (χ3n) is 4.71. The van der Waals surface area contributed by atoms with Crippen LogP contribution in [0.1, 0.15) is 38.8 Å². The Bertz CT molecular complexity index is 903. The van der Waals surface area contributed by atoms with Crippen LogP contribution in [0.15, 0.2) is 11.1 Å². The summed E-state index contributed by atoms with van der Waals surface area (Å²) in [6.07, 6.45) is 1.60. The van der Waals surface area contributed by atoms with E-state index in [1.54, 1.807) is 0 Å². The first-order chi connectivity index (χ1) is 14.0. The predicted octanol–water partition coefficient (Wildman–Crippen LogP) is 0.592. The summed E-state index contributed by atoms with van der Waals surface area (Å²) in [5, 5.41) is 9.67. The molecule has 5 atom stereocenters. The van der Waals surface area contributed by atoms with Crippen LogP contribution in [0.4, 0.5) is 5.95 Å². The van der Waals surface area contributed by atoms with Gasteiger partial charge in [-0.3, -0.25) is 14.3 Å². The fourth-order valence-corrected chi connectivity index (χ4v) is 3.83. The molecule has 0 spiro atoms. The van der Waals surface area contributed by atoms with Gasteiger partial charge in [0, 0.05) is 11.2 Å². The van der Waals surface area contributed by atoms with Gasteiger partial charge in [-0.15, -0.1) is 9.42 Å². The van der Waals surface area contributed by atoms with Gasteiger partial charge < -0.3 is 20.3 Å². The summed E-state index contributed by atoms with van der Waals surface area (Å²) in [6.45, 7) is 2.01. The molecule has 2 aromatic rings. The maximum absolute atomic E-state index is 12.1. The number of H-pyrrole nitrogens is 1. The Hall–Kier alpha value is -1.95. The van der Waals surface area contributed by atoms with E-state index in [0.717, 1.165) is 25.7 Å². The summed E-state index contributed by atoms with van der Waals surface area (Å²) in [5.74, 6) is -0.0933. The van der Waals surface area contributed by atoms with E-state index in [-0.39, 0.29) is 17.1 Å². The van der Waals surface area contributed by atoms with Gasteiger partial charge in [0.25, 0.3) is 5.56 Å². The molecular formula is C16H25N5O7P+. The molecule has 5 N–H and O–H groups in total. The fraction of sp³-hybridized carbons (Fsp3) is 0.688. The van der Waals surface area contributed by atoms with Crippen molar-refractivity contribution in [3.63, 3.8) is 0 Å². The monoisotopic (exact) mass is 430 g/mol. The molecule has 2 unspecified atom stereocenters. The molecule has 160 valence electrons. The molecule has 2 aromatic heterocycles. The zero-order chi connectivity index (χ0) is 21.0. The first-order valence-electron chi connectivity index (χ1n) is 9.39. The van der Waals surface area contributed by atoms with Crippen molar-refractivity contribution in [2.24, 2.45) is 0 Å². The van der Waals surface area contributed by atoms with Gasteiger partial charge in [-0.1, -0.05) is 26.2 Å². The Labute approximate surface area is 167 Å². The zero-order valence-corrected chi connectivity index (χ0v) is 16.8. The molecule has 1 saturated heterocycles. The molecule has 1 fully saturated rings. The largest absolute Gasteiger partial charge is 0.695 e. The normalized spacial score (nSPS) is 25.0. The van der Waals surface area contributed by atoms with Gasteiger partial charge in [-0.05, 0) is 6.42 Å². The van der Waals surface area contributed by atoms with Crippen molar-refractivity contribution in [2.45, 2.75) is 57.1 Å². The Morgan fingerprint density at radius 3 is 2.86 bits per heavy atom. The van der Waals surface area contributed by atoms with Gasteiger partial charge in [0.15, 0.2) is 23.5 Å². The second-order valence-electron chi connectivity index (χ2n) is 6.73. The molecule has 0 aromatic carbocycles. The van der Waals surface area contributed by atoms with E-state index in [0.29, 0.717) is 6.61 Å². The van der Waals surface area contributed by atoms with Crippen LogP contribution >= 0.6 is 8.25 Å². The second-order valence-corrected chi connectivity index (χ2v) is 7.41. The number of nitrogens with two attached hydrogens (primary N) is 1. The molecule has 0 bridgehead atoms. The number of rotatable bonds is 10. The van der Waals surface area contributed by atoms with Gasteiger partial charge in [0.2, 0.25) is 5.95 Å². The molecule has 29 heavy (non-hydrogen) atoms. The minimum absolute atomic E-state index is 0.0580. The minimum atomic E-state index is -2.95. The van der Waals surface area contributed by atoms with Crippen LogP contribution in [0.5, 0.6) is 0 Å². The number of aliphatic hydroxyl groups excluding tert-OH is 1. The molecule has 0 saturated carbocycles. The highest BCUT2D eigenvalue weighted by Crippen LogP contribution is 2.38. The minimum Gasteiger partial charge on any atom is -0.394 e. The number of unbranched alkanes of at least 4 members (excludes halogenated alkanes) is 3. The van der Waals surface area contributed by atoms with Crippen molar-refractivity contribution < 1.29 is 28.6 Å². The molecule has 13 heteroatoms. The number of hydrogen-bond acceptors (Lipinski definition) is 9. The average molecular weight is 430 g/mol. The first-order valence-corrected chi connectivity index (χ1v) is 10.5. The maximum atomic E-state index is 12.1. The summed E-state index contributed by atoms with van der Waals surface area (Å²) in [6, 6.07) is 0. The number of aromatic amines is 1. The standard InChI is InChI=1S/C16H24N5O7P/c1-2-3-4-5-6-26-12-11(28-29(24)25)9(7-22)27-15(12)21-8-18-10-13(21)19-16(17)20-14(10)23/h8-9,11-12,15,22H,2-7H2,1H3,(H3-,17,19,20,23,24,25)/p+1/t9-,11+,12?,15-/m1/s1. The number of aromatic nitrogens is 4. The van der Waals surface area contributed by atoms with E-state index < -0.39 is 45.0 Å². The summed E-state index contributed by atoms with van der Waals surface area (Å²) < 4.78 is 29.6. The van der Waals surface area contributed by atoms with Crippen molar-refractivity contribution in [3.05, 3.63) is 16.7 Å². The third kappa shape index (κ3) is 4.80. The highest BCUT2D eigenvalue weighted by molar-refractivity contribution is 7.32. The molecule has 0 radical (unpaired) electrons. The van der Waals surface area contributed by atoms with E-state index in [1.165, 1.54) is 10.9 Å². The van der Waals surface area contributed by atoms with E-state index >= 15 is 0 Å². The van der Waals surface area contributed by atoms with E-state index in [9.17, 15) is 19.4 Å². The SMILES string of the molecule is CCCCCCOC1[C@@H](O[P+](=O)O)[C@@H](CO)O[C@H]1n1cnc2c(=O)[nH]c(N)nc21. The van der Waals surface area contributed by atoms with Crippen LogP contribution in [0, 0.1) is 0 Å². The van der Waals surface area contributed by atoms with Crippen LogP contribution in [0.25, 0.3) is 11.2 Å². The lowest BCUT2D eigenvalue weighted by Gasteiger charge is -2.22. The Morgan fingerprint density at radius 2 is 2.17 bits per heavy atom. The first kappa shape index (κ1) is 21.8. The number of hydrogen-bond donors (Lipinski definition) is 4. The van der Waals surface area contributed by atoms with E-state index in [1.807, 2.05) is 0 Å². The number of anilines is 1. The van der Waals surface area contributed by atoms with Gasteiger partial charge in [-0.25, -0.2) is 4.98 Å². The van der Waals surface area contributed by atoms with E-state index in [2.05, 4.69) is 21.9 Å². The second kappa shape index (κ2) is 9.70. The molecule has 0 aliphatic carbocycles. The Kier molecular flexibility index (Phi) is 7.28. The summed E-state index contributed by atoms with van der Waals surface area (Å²) >= 11 is 0. The number of aliphatic hydroxyl groups is 1. The van der Waals surface area contributed by atoms with Crippen LogP contribution in [-0.4, -0.2) is 61.0 Å². The van der Waals surface area contributed by atoms with Crippen LogP contribution in [0.2, 0.25) is 0 Å². The number of imidazole rings is 1. The van der Waals surface area contributed by atoms with Crippen LogP contribution in [0.3, 0.4) is 0 Å². The molecular weight excluding hydrogens is 405 g/mol. The highest BCUT2D eigenvalue weighted by Gasteiger charge is 2.51. The van der Waals surface area contributed by atoms with Crippen LogP contribution < -0.4 is 11.3 Å². The van der Waals surface area contributed by atoms with Crippen LogP contribution in [-0.2, 0) is 18.6 Å². The molecule has 0 amide bonds. The zero-order valence-electron chi connectivity index (χ0n) is 15.9. The third-order valence-corrected chi connectivity index (χ3v) is 5.13. The lowest BCUT2D eigenvalue weighted by Crippen LogP contribution is -2.37. The number of nitrogens with zero attached hydrogens (tertiary/aromatic N) is 3. The maximum Gasteiger partial charge on any atom is 0.695 e. The number of ether oxygens (including phenoxy) is 2. The van der Waals surface area contributed by atoms with Crippen molar-refractivity contribution in [1.82, 2.24) is 19.5 Å². The number of nitrogens with one attached hydrogen (secondary N) is 1. The molecule has 3 heterocycles. The molecule has 1 aliphatic rings. The van der Waals surface area contributed by atoms with Gasteiger partial charge >= 0.3 is 8.25 Å². The molecule has 3 rings (SSSR count). The summed E-state index contributed by atoms with van der Waals surface area (Å²) in [5.41, 5.74) is 5.36. The average Bonchev–Trinajstić information content (AvgIpc) is 3.22. The van der Waals surface area contributed by atoms with Gasteiger partial charge in [0.05, 0.1) is 12.9 Å². The molecule has 12 nitrogen and oxygen atoms in total. The van der Waals surface area contributed by atoms with Gasteiger partial charge in [-0.2, -0.15) is 4.98 Å². The van der Waals surface area contributed by atoms with Gasteiger partial charge in [0.1, 0.15) is 12.2 Å². The highest BCUT2D eigenvalue weighted by atomic mass is 31.1. The Morgan fingerprint density at radius 1 is 1.38 bits per heavy atom. The van der Waals surface area contributed by atoms with Crippen molar-refractivity contribution in [2.75, 3.05) is 18.9 Å².